The molecule has 1 atom stereocenters. The number of esters is 1. The van der Waals surface area contributed by atoms with E-state index in [1.165, 1.54) is 7.11 Å². The monoisotopic (exact) mass is 175 g/mol. The molecule has 1 aliphatic heterocycles. The van der Waals surface area contributed by atoms with Crippen LogP contribution < -0.4 is 5.32 Å². The topological polar surface area (TPSA) is 38.3 Å². The number of carbonyl (C=O) groups excluding carboxylic acids is 1. The highest BCUT2D eigenvalue weighted by Crippen LogP contribution is 2.10. The van der Waals surface area contributed by atoms with Gasteiger partial charge in [-0.15, -0.1) is 0 Å². The van der Waals surface area contributed by atoms with Crippen LogP contribution in [-0.2, 0) is 9.53 Å². The second kappa shape index (κ2) is 4.62. The zero-order valence-electron chi connectivity index (χ0n) is 6.63. The molecule has 0 aromatic carbocycles. The van der Waals surface area contributed by atoms with Gasteiger partial charge in [-0.2, -0.15) is 11.8 Å². The van der Waals surface area contributed by atoms with Gasteiger partial charge in [0.25, 0.3) is 0 Å². The van der Waals surface area contributed by atoms with Crippen molar-refractivity contribution in [1.29, 1.82) is 0 Å². The highest BCUT2D eigenvalue weighted by atomic mass is 32.2. The lowest BCUT2D eigenvalue weighted by Crippen LogP contribution is -2.39. The molecule has 0 aromatic rings. The molecule has 4 heteroatoms. The van der Waals surface area contributed by atoms with E-state index >= 15 is 0 Å². The number of hydrogen-bond acceptors (Lipinski definition) is 4. The number of thioether (sulfide) groups is 1. The van der Waals surface area contributed by atoms with E-state index in [0.29, 0.717) is 12.5 Å². The van der Waals surface area contributed by atoms with E-state index < -0.39 is 0 Å². The summed E-state index contributed by atoms with van der Waals surface area (Å²) >= 11 is 1.89. The van der Waals surface area contributed by atoms with Crippen molar-refractivity contribution in [3.05, 3.63) is 0 Å². The molecule has 0 saturated carbocycles. The quantitative estimate of drug-likeness (QED) is 0.611. The van der Waals surface area contributed by atoms with Gasteiger partial charge in [-0.1, -0.05) is 0 Å². The van der Waals surface area contributed by atoms with Gasteiger partial charge in [-0.25, -0.2) is 0 Å². The van der Waals surface area contributed by atoms with E-state index in [9.17, 15) is 4.79 Å². The molecule has 3 nitrogen and oxygen atoms in total. The molecule has 1 heterocycles. The van der Waals surface area contributed by atoms with E-state index in [4.69, 9.17) is 0 Å². The number of nitrogens with one attached hydrogen (secondary N) is 1. The van der Waals surface area contributed by atoms with E-state index in [-0.39, 0.29) is 5.97 Å². The van der Waals surface area contributed by atoms with E-state index in [1.807, 2.05) is 11.8 Å². The van der Waals surface area contributed by atoms with Crippen LogP contribution in [0.1, 0.15) is 6.42 Å². The minimum Gasteiger partial charge on any atom is -0.469 e. The van der Waals surface area contributed by atoms with Gasteiger partial charge in [-0.05, 0) is 0 Å². The SMILES string of the molecule is COC(=O)C[C@@H]1CSCCN1. The molecule has 0 amide bonds. The van der Waals surface area contributed by atoms with Crippen LogP contribution in [0.2, 0.25) is 0 Å². The summed E-state index contributed by atoms with van der Waals surface area (Å²) in [7, 11) is 1.43. The van der Waals surface area contributed by atoms with Crippen LogP contribution in [-0.4, -0.2) is 37.2 Å². The third-order valence-electron chi connectivity index (χ3n) is 1.64. The number of ether oxygens (including phenoxy) is 1. The molecule has 1 rings (SSSR count). The maximum atomic E-state index is 10.8. The zero-order valence-corrected chi connectivity index (χ0v) is 7.45. The Hall–Kier alpha value is -0.220. The molecule has 64 valence electrons. The minimum atomic E-state index is -0.120. The fourth-order valence-corrected chi connectivity index (χ4v) is 1.98. The van der Waals surface area contributed by atoms with Crippen LogP contribution in [0.4, 0.5) is 0 Å². The fourth-order valence-electron chi connectivity index (χ4n) is 1.04. The van der Waals surface area contributed by atoms with Crippen molar-refractivity contribution in [2.24, 2.45) is 0 Å². The molecule has 0 unspecified atom stereocenters. The van der Waals surface area contributed by atoms with Gasteiger partial charge >= 0.3 is 5.97 Å². The highest BCUT2D eigenvalue weighted by Gasteiger charge is 2.16. The van der Waals surface area contributed by atoms with Crippen LogP contribution >= 0.6 is 11.8 Å². The fraction of sp³-hybridized carbons (Fsp3) is 0.857. The van der Waals surface area contributed by atoms with Gasteiger partial charge in [0.2, 0.25) is 0 Å². The van der Waals surface area contributed by atoms with Gasteiger partial charge in [0, 0.05) is 24.1 Å². The second-order valence-corrected chi connectivity index (χ2v) is 3.66. The summed E-state index contributed by atoms with van der Waals surface area (Å²) in [5.41, 5.74) is 0. The summed E-state index contributed by atoms with van der Waals surface area (Å²) in [6.45, 7) is 1.01. The van der Waals surface area contributed by atoms with Crippen molar-refractivity contribution in [3.63, 3.8) is 0 Å². The average Bonchev–Trinajstić information content (AvgIpc) is 2.06. The number of carbonyl (C=O) groups is 1. The molecular formula is C7H13NO2S. The largest absolute Gasteiger partial charge is 0.469 e. The van der Waals surface area contributed by atoms with Crippen molar-refractivity contribution in [3.8, 4) is 0 Å². The molecule has 1 N–H and O–H groups in total. The van der Waals surface area contributed by atoms with Gasteiger partial charge in [0.05, 0.1) is 13.5 Å². The lowest BCUT2D eigenvalue weighted by Gasteiger charge is -2.21. The molecule has 1 aliphatic rings. The van der Waals surface area contributed by atoms with Crippen molar-refractivity contribution < 1.29 is 9.53 Å². The number of rotatable bonds is 2. The molecular weight excluding hydrogens is 162 g/mol. The average molecular weight is 175 g/mol. The van der Waals surface area contributed by atoms with Crippen molar-refractivity contribution in [1.82, 2.24) is 5.32 Å². The summed E-state index contributed by atoms with van der Waals surface area (Å²) in [6, 6.07) is 0.321. The molecule has 0 spiro atoms. The first-order valence-electron chi connectivity index (χ1n) is 3.71. The lowest BCUT2D eigenvalue weighted by atomic mass is 10.2. The minimum absolute atomic E-state index is 0.120. The summed E-state index contributed by atoms with van der Waals surface area (Å²) in [4.78, 5) is 10.8. The van der Waals surface area contributed by atoms with Gasteiger partial charge in [0.15, 0.2) is 0 Å². The van der Waals surface area contributed by atoms with E-state index in [1.54, 1.807) is 0 Å². The molecule has 0 aliphatic carbocycles. The number of methoxy groups -OCH3 is 1. The normalized spacial score (nSPS) is 24.6. The Morgan fingerprint density at radius 3 is 3.18 bits per heavy atom. The Bertz CT molecular complexity index is 134. The Morgan fingerprint density at radius 2 is 2.64 bits per heavy atom. The second-order valence-electron chi connectivity index (χ2n) is 2.51. The summed E-state index contributed by atoms with van der Waals surface area (Å²) < 4.78 is 4.56. The summed E-state index contributed by atoms with van der Waals surface area (Å²) in [6.07, 6.45) is 0.503. The predicted molar refractivity (Wildman–Crippen MR) is 45.7 cm³/mol. The first kappa shape index (κ1) is 8.87. The maximum absolute atomic E-state index is 10.8. The third kappa shape index (κ3) is 3.12. The van der Waals surface area contributed by atoms with Crippen molar-refractivity contribution in [2.75, 3.05) is 25.2 Å². The van der Waals surface area contributed by atoms with Gasteiger partial charge in [0.1, 0.15) is 0 Å². The van der Waals surface area contributed by atoms with Crippen LogP contribution in [0.3, 0.4) is 0 Å². The van der Waals surface area contributed by atoms with E-state index in [2.05, 4.69) is 10.1 Å². The van der Waals surface area contributed by atoms with Crippen LogP contribution in [0, 0.1) is 0 Å². The standard InChI is InChI=1S/C7H13NO2S/c1-10-7(9)4-6-5-11-3-2-8-6/h6,8H,2-5H2,1H3/t6-/m1/s1. The van der Waals surface area contributed by atoms with E-state index in [0.717, 1.165) is 18.1 Å². The molecule has 0 bridgehead atoms. The smallest absolute Gasteiger partial charge is 0.307 e. The maximum Gasteiger partial charge on any atom is 0.307 e. The third-order valence-corrected chi connectivity index (χ3v) is 2.77. The molecule has 0 aromatic heterocycles. The van der Waals surface area contributed by atoms with Gasteiger partial charge < -0.3 is 10.1 Å². The molecule has 11 heavy (non-hydrogen) atoms. The lowest BCUT2D eigenvalue weighted by molar-refractivity contribution is -0.141. The first-order chi connectivity index (χ1) is 5.33. The predicted octanol–water partition coefficient (Wildman–Crippen LogP) is 0.254. The molecule has 0 radical (unpaired) electrons. The van der Waals surface area contributed by atoms with Crippen molar-refractivity contribution in [2.45, 2.75) is 12.5 Å². The molecule has 1 saturated heterocycles. The molecule has 1 fully saturated rings. The summed E-state index contributed by atoms with van der Waals surface area (Å²) in [5, 5.41) is 3.26. The Labute approximate surface area is 70.9 Å². The highest BCUT2D eigenvalue weighted by molar-refractivity contribution is 7.99. The van der Waals surface area contributed by atoms with Crippen LogP contribution in [0.5, 0.6) is 0 Å². The Balaban J connectivity index is 2.19. The van der Waals surface area contributed by atoms with Crippen LogP contribution in [0.25, 0.3) is 0 Å². The van der Waals surface area contributed by atoms with Crippen LogP contribution in [0.15, 0.2) is 0 Å². The zero-order chi connectivity index (χ0) is 8.10. The Morgan fingerprint density at radius 1 is 1.82 bits per heavy atom. The van der Waals surface area contributed by atoms with Crippen molar-refractivity contribution >= 4 is 17.7 Å². The Kier molecular flexibility index (Phi) is 3.72. The summed E-state index contributed by atoms with van der Waals surface area (Å²) in [5.74, 6) is 2.05. The number of hydrogen-bond donors (Lipinski definition) is 1. The first-order valence-corrected chi connectivity index (χ1v) is 4.86. The van der Waals surface area contributed by atoms with Gasteiger partial charge in [-0.3, -0.25) is 4.79 Å².